The molecule has 0 amide bonds. The second kappa shape index (κ2) is 17.7. The molecule has 3 rings (SSSR count). The van der Waals surface area contributed by atoms with Crippen molar-refractivity contribution in [3.05, 3.63) is 103 Å². The van der Waals surface area contributed by atoms with Crippen molar-refractivity contribution >= 4 is 48.1 Å². The molecule has 3 aromatic carbocycles. The summed E-state index contributed by atoms with van der Waals surface area (Å²) in [6.07, 6.45) is 0. The van der Waals surface area contributed by atoms with Crippen LogP contribution >= 0.6 is 24.8 Å². The van der Waals surface area contributed by atoms with E-state index in [-0.39, 0.29) is 60.2 Å². The Morgan fingerprint density at radius 1 is 0.690 bits per heavy atom. The van der Waals surface area contributed by atoms with E-state index >= 15 is 0 Å². The third-order valence-electron chi connectivity index (χ3n) is 5.50. The Bertz CT molecular complexity index is 1570. The molecule has 0 unspecified atom stereocenters. The molecule has 0 aliphatic carbocycles. The molecule has 0 fully saturated rings. The molecule has 226 valence electrons. The first-order valence-corrected chi connectivity index (χ1v) is 12.4. The zero-order valence-corrected chi connectivity index (χ0v) is 25.3. The van der Waals surface area contributed by atoms with Crippen molar-refractivity contribution in [1.29, 1.82) is 0 Å². The van der Waals surface area contributed by atoms with Crippen LogP contribution in [0.2, 0.25) is 0 Å². The van der Waals surface area contributed by atoms with E-state index in [9.17, 15) is 19.2 Å². The van der Waals surface area contributed by atoms with E-state index < -0.39 is 28.2 Å². The van der Waals surface area contributed by atoms with Gasteiger partial charge in [0.05, 0.1) is 22.5 Å². The maximum Gasteiger partial charge on any atom is 0.340 e. The van der Waals surface area contributed by atoms with Crippen molar-refractivity contribution in [3.63, 3.8) is 0 Å². The van der Waals surface area contributed by atoms with E-state index in [0.29, 0.717) is 18.8 Å². The largest absolute Gasteiger partial charge is 0.461 e. The summed E-state index contributed by atoms with van der Waals surface area (Å²) in [4.78, 5) is 54.3. The lowest BCUT2D eigenvalue weighted by Crippen LogP contribution is -2.48. The number of benzene rings is 3. The second-order valence-electron chi connectivity index (χ2n) is 9.18. The Labute approximate surface area is 255 Å². The van der Waals surface area contributed by atoms with Gasteiger partial charge in [0, 0.05) is 13.1 Å². The number of halogens is 2. The Kier molecular flexibility index (Phi) is 15.1. The first kappa shape index (κ1) is 35.9. The molecule has 0 bridgehead atoms. The minimum atomic E-state index is -0.746. The van der Waals surface area contributed by atoms with E-state index in [0.717, 1.165) is 6.07 Å². The van der Waals surface area contributed by atoms with Crippen molar-refractivity contribution < 1.29 is 19.1 Å². The summed E-state index contributed by atoms with van der Waals surface area (Å²) in [7, 11) is 7.46. The van der Waals surface area contributed by atoms with Crippen LogP contribution in [0, 0.1) is 0 Å². The van der Waals surface area contributed by atoms with Crippen LogP contribution in [-0.4, -0.2) is 76.2 Å². The van der Waals surface area contributed by atoms with Gasteiger partial charge in [0.1, 0.15) is 18.6 Å². The number of hydrogen-bond acceptors (Lipinski definition) is 12. The zero-order valence-electron chi connectivity index (χ0n) is 23.7. The fourth-order valence-electron chi connectivity index (χ4n) is 3.29. The first-order valence-electron chi connectivity index (χ1n) is 12.4. The van der Waals surface area contributed by atoms with E-state index in [1.165, 1.54) is 6.07 Å². The van der Waals surface area contributed by atoms with Gasteiger partial charge >= 0.3 is 11.9 Å². The Balaban J connectivity index is 0.00000441. The maximum atomic E-state index is 13.0. The quantitative estimate of drug-likeness (QED) is 0.225. The Morgan fingerprint density at radius 2 is 1.14 bits per heavy atom. The molecule has 0 atom stereocenters. The number of esters is 2. The number of anilines is 2. The topological polar surface area (TPSA) is 142 Å². The average Bonchev–Trinajstić information content (AvgIpc) is 2.92. The van der Waals surface area contributed by atoms with Gasteiger partial charge in [-0.3, -0.25) is 20.4 Å². The molecular weight excluding hydrogens is 587 g/mol. The van der Waals surface area contributed by atoms with Gasteiger partial charge in [0.25, 0.3) is 0 Å². The highest BCUT2D eigenvalue weighted by molar-refractivity contribution is 5.96. The minimum absolute atomic E-state index is 0. The number of carbonyl (C=O) groups excluding carboxylic acids is 2. The van der Waals surface area contributed by atoms with Crippen molar-refractivity contribution in [2.75, 3.05) is 65.3 Å². The molecule has 0 spiro atoms. The molecule has 14 heteroatoms. The monoisotopic (exact) mass is 620 g/mol. The van der Waals surface area contributed by atoms with Gasteiger partial charge in [-0.05, 0) is 64.6 Å². The molecule has 0 aliphatic heterocycles. The molecule has 42 heavy (non-hydrogen) atoms. The van der Waals surface area contributed by atoms with E-state index in [1.807, 2.05) is 38.0 Å². The van der Waals surface area contributed by atoms with Gasteiger partial charge in [-0.1, -0.05) is 24.3 Å². The van der Waals surface area contributed by atoms with Gasteiger partial charge in [-0.2, -0.15) is 10.2 Å². The summed E-state index contributed by atoms with van der Waals surface area (Å²) >= 11 is 0. The van der Waals surface area contributed by atoms with Crippen molar-refractivity contribution in [2.24, 2.45) is 10.2 Å². The first-order chi connectivity index (χ1) is 19.2. The number of hydrogen-bond donors (Lipinski definition) is 2. The number of nitrogens with one attached hydrogen (secondary N) is 2. The molecule has 0 saturated carbocycles. The smallest absolute Gasteiger partial charge is 0.340 e. The van der Waals surface area contributed by atoms with Gasteiger partial charge < -0.3 is 19.3 Å². The highest BCUT2D eigenvalue weighted by Crippen LogP contribution is 2.17. The summed E-state index contributed by atoms with van der Waals surface area (Å²) in [5.41, 5.74) is 4.97. The second-order valence-corrected chi connectivity index (χ2v) is 9.18. The number of para-hydroxylation sites is 2. The Morgan fingerprint density at radius 3 is 1.62 bits per heavy atom. The highest BCUT2D eigenvalue weighted by atomic mass is 35.5. The van der Waals surface area contributed by atoms with Crippen LogP contribution in [0.5, 0.6) is 0 Å². The van der Waals surface area contributed by atoms with Crippen LogP contribution in [-0.2, 0) is 9.47 Å². The predicted octanol–water partition coefficient (Wildman–Crippen LogP) is 1.42. The van der Waals surface area contributed by atoms with Gasteiger partial charge in [0.15, 0.2) is 5.36 Å². The maximum absolute atomic E-state index is 13.0. The lowest BCUT2D eigenvalue weighted by atomic mass is 10.2. The van der Waals surface area contributed by atoms with Crippen molar-refractivity contribution in [1.82, 2.24) is 9.80 Å². The molecule has 0 radical (unpaired) electrons. The summed E-state index contributed by atoms with van der Waals surface area (Å²) in [5.74, 6) is -1.12. The molecule has 0 aromatic heterocycles. The molecule has 3 aromatic rings. The Hall–Kier alpha value is -4.10. The summed E-state index contributed by atoms with van der Waals surface area (Å²) in [5, 5.41) is 7.55. The summed E-state index contributed by atoms with van der Waals surface area (Å²) < 4.78 is 10.6. The van der Waals surface area contributed by atoms with Gasteiger partial charge in [-0.25, -0.2) is 9.59 Å². The molecular formula is C28H34Cl2N6O6. The summed E-state index contributed by atoms with van der Waals surface area (Å²) in [6, 6.07) is 15.4. The zero-order chi connectivity index (χ0) is 29.1. The summed E-state index contributed by atoms with van der Waals surface area (Å²) in [6.45, 7) is 1.52. The third-order valence-corrected chi connectivity index (χ3v) is 5.50. The predicted molar refractivity (Wildman–Crippen MR) is 165 cm³/mol. The van der Waals surface area contributed by atoms with Crippen LogP contribution in [0.25, 0.3) is 0 Å². The molecule has 12 nitrogen and oxygen atoms in total. The van der Waals surface area contributed by atoms with Crippen molar-refractivity contribution in [2.45, 2.75) is 0 Å². The number of likely N-dealkylation sites (N-methyl/N-ethyl adjacent to an activating group) is 2. The average molecular weight is 622 g/mol. The lowest BCUT2D eigenvalue weighted by Gasteiger charge is -2.11. The van der Waals surface area contributed by atoms with Crippen LogP contribution in [0.1, 0.15) is 20.7 Å². The lowest BCUT2D eigenvalue weighted by molar-refractivity contribution is 0.0473. The van der Waals surface area contributed by atoms with Crippen LogP contribution in [0.15, 0.2) is 80.5 Å². The van der Waals surface area contributed by atoms with Crippen molar-refractivity contribution in [3.8, 4) is 0 Å². The normalized spacial score (nSPS) is 11.5. The third kappa shape index (κ3) is 10.4. The molecule has 0 saturated heterocycles. The van der Waals surface area contributed by atoms with Crippen LogP contribution < -0.4 is 32.4 Å². The van der Waals surface area contributed by atoms with Gasteiger partial charge in [0.2, 0.25) is 10.9 Å². The highest BCUT2D eigenvalue weighted by Gasteiger charge is 2.14. The number of ether oxygens (including phenoxy) is 2. The van der Waals surface area contributed by atoms with Gasteiger partial charge in [-0.15, -0.1) is 24.8 Å². The molecule has 0 heterocycles. The van der Waals surface area contributed by atoms with E-state index in [1.54, 1.807) is 48.5 Å². The fourth-order valence-corrected chi connectivity index (χ4v) is 3.29. The number of rotatable bonds is 12. The number of nitrogens with zero attached hydrogens (tertiary/aromatic N) is 4. The SMILES string of the molecule is CN(C)CCOC(=O)c1ccccc1N/N=c1/c(=O)cc/c(=N\Nc2ccccc2C(=O)OCCN(C)C)c1=O.Cl.Cl. The van der Waals surface area contributed by atoms with Crippen LogP contribution in [0.3, 0.4) is 0 Å². The number of carbonyl (C=O) groups is 2. The molecule has 2 N–H and O–H groups in total. The molecule has 0 aliphatic rings. The van der Waals surface area contributed by atoms with E-state index in [4.69, 9.17) is 9.47 Å². The fraction of sp³-hybridized carbons (Fsp3) is 0.286. The minimum Gasteiger partial charge on any atom is -0.461 e. The standard InChI is InChI=1S/C28H32N6O6.2ClH/c1-33(2)15-17-39-27(37)19-9-5-7-11-21(19)29-31-23-13-14-24(35)25(26(23)36)32-30-22-12-8-6-10-20(22)28(38)40-18-16-34(3)4;;/h5-14,29-30H,15-18H2,1-4H3;2*1H/b31-23+,32-25-;;. The van der Waals surface area contributed by atoms with Crippen LogP contribution in [0.4, 0.5) is 11.4 Å². The van der Waals surface area contributed by atoms with E-state index in [2.05, 4.69) is 21.1 Å².